The maximum atomic E-state index is 14.0. The summed E-state index contributed by atoms with van der Waals surface area (Å²) in [5, 5.41) is 34.8. The summed E-state index contributed by atoms with van der Waals surface area (Å²) in [7, 11) is -4.35. The second-order valence-electron chi connectivity index (χ2n) is 12.2. The fourth-order valence-corrected chi connectivity index (χ4v) is 7.40. The summed E-state index contributed by atoms with van der Waals surface area (Å²) in [5.74, 6) is -0.0907. The van der Waals surface area contributed by atoms with Gasteiger partial charge in [-0.05, 0) is 42.7 Å². The average Bonchev–Trinajstić information content (AvgIpc) is 3.62. The van der Waals surface area contributed by atoms with Crippen molar-refractivity contribution < 1.29 is 37.5 Å². The highest BCUT2D eigenvalue weighted by Crippen LogP contribution is 2.33. The number of alkyl carbamates (subject to hydrolysis) is 1. The highest BCUT2D eigenvalue weighted by Gasteiger charge is 2.44. The number of amides is 1. The Kier molecular flexibility index (Phi) is 11.5. The van der Waals surface area contributed by atoms with Gasteiger partial charge in [0.2, 0.25) is 10.0 Å². The normalized spacial score (nSPS) is 21.1. The van der Waals surface area contributed by atoms with Gasteiger partial charge in [0.25, 0.3) is 5.69 Å². The van der Waals surface area contributed by atoms with Gasteiger partial charge in [-0.25, -0.2) is 13.2 Å². The smallest absolute Gasteiger partial charge is 0.407 e. The fraction of sp³-hybridized carbons (Fsp3) is 0.548. The molecule has 4 rings (SSSR count). The Morgan fingerprint density at radius 2 is 2.00 bits per heavy atom. The number of non-ortho nitro benzene ring substituents is 1. The summed E-state index contributed by atoms with van der Waals surface area (Å²) in [6, 6.07) is 15.0. The van der Waals surface area contributed by atoms with Gasteiger partial charge in [-0.1, -0.05) is 50.2 Å². The third kappa shape index (κ3) is 9.21. The topological polar surface area (TPSA) is 181 Å². The number of rotatable bonds is 15. The maximum absolute atomic E-state index is 14.0. The van der Waals surface area contributed by atoms with Gasteiger partial charge in [0.1, 0.15) is 6.10 Å². The van der Waals surface area contributed by atoms with E-state index in [0.29, 0.717) is 32.3 Å². The molecule has 2 saturated heterocycles. The monoisotopic (exact) mass is 644 g/mol. The number of nitro groups is 1. The molecular formula is C31H40N4O9S. The predicted octanol–water partition coefficient (Wildman–Crippen LogP) is 3.77. The van der Waals surface area contributed by atoms with E-state index in [1.807, 2.05) is 44.2 Å². The lowest BCUT2D eigenvalue weighted by Gasteiger charge is -2.35. The SMILES string of the molecule is CC(C)(CCCC#N)CN(CC(O)C(Cc1ccccc1)NC(=O)OC1COC2OCCC12)S(=O)(=O)c1cccc([N+](=O)[O-])c1. The van der Waals surface area contributed by atoms with Gasteiger partial charge < -0.3 is 24.6 Å². The molecule has 2 heterocycles. The van der Waals surface area contributed by atoms with Gasteiger partial charge >= 0.3 is 6.09 Å². The number of sulfonamides is 1. The third-order valence-corrected chi connectivity index (χ3v) is 9.92. The number of benzene rings is 2. The van der Waals surface area contributed by atoms with Crippen LogP contribution >= 0.6 is 0 Å². The van der Waals surface area contributed by atoms with E-state index in [9.17, 15) is 28.4 Å². The molecule has 0 spiro atoms. The quantitative estimate of drug-likeness (QED) is 0.165. The molecular weight excluding hydrogens is 604 g/mol. The van der Waals surface area contributed by atoms with E-state index in [-0.39, 0.29) is 36.1 Å². The van der Waals surface area contributed by atoms with E-state index >= 15 is 0 Å². The van der Waals surface area contributed by atoms with Crippen LogP contribution in [0.3, 0.4) is 0 Å². The van der Waals surface area contributed by atoms with Crippen molar-refractivity contribution in [3.8, 4) is 6.07 Å². The minimum atomic E-state index is -4.35. The van der Waals surface area contributed by atoms with Crippen molar-refractivity contribution in [1.29, 1.82) is 5.26 Å². The van der Waals surface area contributed by atoms with E-state index < -0.39 is 57.5 Å². The molecule has 0 aromatic heterocycles. The number of fused-ring (bicyclic) bond motifs is 1. The molecule has 13 nitrogen and oxygen atoms in total. The van der Waals surface area contributed by atoms with Crippen molar-refractivity contribution in [2.75, 3.05) is 26.3 Å². The van der Waals surface area contributed by atoms with Gasteiger partial charge in [0, 0.05) is 31.6 Å². The van der Waals surface area contributed by atoms with Gasteiger partial charge in [-0.2, -0.15) is 9.57 Å². The molecule has 244 valence electrons. The van der Waals surface area contributed by atoms with E-state index in [1.54, 1.807) is 0 Å². The molecule has 2 aliphatic heterocycles. The van der Waals surface area contributed by atoms with Crippen LogP contribution in [-0.2, 0) is 30.7 Å². The highest BCUT2D eigenvalue weighted by atomic mass is 32.2. The van der Waals surface area contributed by atoms with Crippen LogP contribution in [0.25, 0.3) is 0 Å². The Morgan fingerprint density at radius 3 is 2.71 bits per heavy atom. The zero-order valence-corrected chi connectivity index (χ0v) is 26.2. The van der Waals surface area contributed by atoms with Gasteiger partial charge in [0.15, 0.2) is 6.29 Å². The van der Waals surface area contributed by atoms with Crippen LogP contribution in [0.2, 0.25) is 0 Å². The molecule has 0 aliphatic carbocycles. The van der Waals surface area contributed by atoms with Crippen LogP contribution < -0.4 is 5.32 Å². The molecule has 45 heavy (non-hydrogen) atoms. The number of carbonyl (C=O) groups excluding carboxylic acids is 1. The van der Waals surface area contributed by atoms with Crippen LogP contribution in [0.4, 0.5) is 10.5 Å². The lowest BCUT2D eigenvalue weighted by Crippen LogP contribution is -2.52. The number of nitrogens with one attached hydrogen (secondary N) is 1. The Hall–Kier alpha value is -3.61. The first-order valence-corrected chi connectivity index (χ1v) is 16.4. The molecule has 0 bridgehead atoms. The van der Waals surface area contributed by atoms with Crippen LogP contribution in [0.5, 0.6) is 0 Å². The molecule has 0 saturated carbocycles. The number of hydrogen-bond donors (Lipinski definition) is 2. The van der Waals surface area contributed by atoms with E-state index in [1.165, 1.54) is 18.2 Å². The van der Waals surface area contributed by atoms with Gasteiger partial charge in [-0.3, -0.25) is 10.1 Å². The zero-order valence-electron chi connectivity index (χ0n) is 25.4. The van der Waals surface area contributed by atoms with Crippen LogP contribution in [0.1, 0.15) is 45.1 Å². The lowest BCUT2D eigenvalue weighted by atomic mass is 9.87. The summed E-state index contributed by atoms with van der Waals surface area (Å²) in [6.45, 7) is 3.93. The summed E-state index contributed by atoms with van der Waals surface area (Å²) < 4.78 is 45.8. The van der Waals surface area contributed by atoms with Gasteiger partial charge in [-0.15, -0.1) is 0 Å². The highest BCUT2D eigenvalue weighted by molar-refractivity contribution is 7.89. The molecule has 2 N–H and O–H groups in total. The van der Waals surface area contributed by atoms with Crippen molar-refractivity contribution in [1.82, 2.24) is 9.62 Å². The first kappa shape index (κ1) is 34.3. The van der Waals surface area contributed by atoms with E-state index in [2.05, 4.69) is 11.4 Å². The summed E-state index contributed by atoms with van der Waals surface area (Å²) in [5.41, 5.74) is -0.212. The van der Waals surface area contributed by atoms with Crippen LogP contribution in [0.15, 0.2) is 59.5 Å². The van der Waals surface area contributed by atoms with Gasteiger partial charge in [0.05, 0.1) is 47.2 Å². The molecule has 5 unspecified atom stereocenters. The fourth-order valence-electron chi connectivity index (χ4n) is 5.71. The molecule has 0 radical (unpaired) electrons. The Balaban J connectivity index is 1.59. The molecule has 2 aromatic carbocycles. The van der Waals surface area contributed by atoms with E-state index in [0.717, 1.165) is 15.9 Å². The standard InChI is InChI=1S/C31H40N4O9S/c1-31(2,14-6-7-15-32)21-34(45(40,41)24-12-8-11-23(18-24)35(38)39)19-27(36)26(17-22-9-4-3-5-10-22)33-30(37)44-28-20-43-29-25(28)13-16-42-29/h3-5,8-12,18,25-29,36H,6-7,13-14,16-17,19-21H2,1-2H3,(H,33,37). The number of nitro benzene ring substituents is 1. The largest absolute Gasteiger partial charge is 0.443 e. The minimum absolute atomic E-state index is 0.0501. The number of hydrogen-bond acceptors (Lipinski definition) is 10. The molecule has 5 atom stereocenters. The first-order valence-electron chi connectivity index (χ1n) is 14.9. The Labute approximate surface area is 263 Å². The number of aliphatic hydroxyl groups is 1. The molecule has 1 amide bonds. The van der Waals surface area contributed by atoms with Crippen LogP contribution in [0, 0.1) is 32.8 Å². The summed E-state index contributed by atoms with van der Waals surface area (Å²) in [4.78, 5) is 23.6. The minimum Gasteiger partial charge on any atom is -0.443 e. The second kappa shape index (κ2) is 15.1. The molecule has 2 aliphatic rings. The Bertz CT molecular complexity index is 1460. The first-order chi connectivity index (χ1) is 21.4. The summed E-state index contributed by atoms with van der Waals surface area (Å²) in [6.07, 6.45) is -0.899. The molecule has 2 aromatic rings. The number of unbranched alkanes of at least 4 members (excludes halogenated alkanes) is 1. The van der Waals surface area contributed by atoms with Crippen molar-refractivity contribution in [3.63, 3.8) is 0 Å². The zero-order chi connectivity index (χ0) is 32.6. The number of aliphatic hydroxyl groups excluding tert-OH is 1. The number of nitriles is 1. The van der Waals surface area contributed by atoms with Crippen LogP contribution in [-0.4, -0.2) is 79.7 Å². The Morgan fingerprint density at radius 1 is 1.24 bits per heavy atom. The van der Waals surface area contributed by atoms with Crippen molar-refractivity contribution >= 4 is 21.8 Å². The van der Waals surface area contributed by atoms with Crippen molar-refractivity contribution in [2.45, 2.75) is 75.4 Å². The molecule has 2 fully saturated rings. The van der Waals surface area contributed by atoms with Crippen molar-refractivity contribution in [3.05, 3.63) is 70.3 Å². The maximum Gasteiger partial charge on any atom is 0.407 e. The predicted molar refractivity (Wildman–Crippen MR) is 162 cm³/mol. The third-order valence-electron chi connectivity index (χ3n) is 8.11. The molecule has 14 heteroatoms. The van der Waals surface area contributed by atoms with Crippen molar-refractivity contribution in [2.24, 2.45) is 11.3 Å². The number of carbonyl (C=O) groups is 1. The van der Waals surface area contributed by atoms with E-state index in [4.69, 9.17) is 19.5 Å². The second-order valence-corrected chi connectivity index (χ2v) is 14.1. The lowest BCUT2D eigenvalue weighted by molar-refractivity contribution is -0.385. The summed E-state index contributed by atoms with van der Waals surface area (Å²) >= 11 is 0. The average molecular weight is 645 g/mol. The number of ether oxygens (including phenoxy) is 3. The number of nitrogens with zero attached hydrogens (tertiary/aromatic N) is 3.